The van der Waals surface area contributed by atoms with Gasteiger partial charge in [-0.1, -0.05) is 49.4 Å². The summed E-state index contributed by atoms with van der Waals surface area (Å²) < 4.78 is 64.0. The number of halogens is 5. The normalized spacial score (nSPS) is 23.2. The molecule has 162 valence electrons. The van der Waals surface area contributed by atoms with Crippen molar-refractivity contribution in [2.45, 2.75) is 38.2 Å². The molecular formula is C18H21Cl2F3N2O3S. The molecule has 0 spiro atoms. The Morgan fingerprint density at radius 1 is 1.38 bits per heavy atom. The molecule has 0 saturated heterocycles. The molecule has 1 rings (SSSR count). The van der Waals surface area contributed by atoms with E-state index in [1.54, 1.807) is 31.2 Å². The van der Waals surface area contributed by atoms with Crippen molar-refractivity contribution in [3.05, 3.63) is 47.2 Å². The first kappa shape index (κ1) is 25.5. The van der Waals surface area contributed by atoms with Crippen LogP contribution in [0.5, 0.6) is 0 Å². The van der Waals surface area contributed by atoms with Crippen molar-refractivity contribution < 1.29 is 26.4 Å². The van der Waals surface area contributed by atoms with Gasteiger partial charge in [0.2, 0.25) is 10.0 Å². The van der Waals surface area contributed by atoms with Gasteiger partial charge < -0.3 is 0 Å². The third-order valence-corrected chi connectivity index (χ3v) is 6.54. The maximum absolute atomic E-state index is 12.5. The van der Waals surface area contributed by atoms with Crippen molar-refractivity contribution in [2.75, 3.05) is 5.75 Å². The molecule has 0 aromatic rings. The van der Waals surface area contributed by atoms with Crippen molar-refractivity contribution in [3.63, 3.8) is 0 Å². The molecule has 11 heteroatoms. The Morgan fingerprint density at radius 2 is 2.00 bits per heavy atom. The molecule has 0 fully saturated rings. The first-order chi connectivity index (χ1) is 13.2. The quantitative estimate of drug-likeness (QED) is 0.242. The van der Waals surface area contributed by atoms with E-state index in [-0.39, 0.29) is 5.57 Å². The fraction of sp³-hybridized carbons (Fsp3) is 0.444. The van der Waals surface area contributed by atoms with Gasteiger partial charge in [-0.3, -0.25) is 9.79 Å². The number of carbonyl (C=O) groups is 1. The summed E-state index contributed by atoms with van der Waals surface area (Å²) in [6.45, 7) is 6.47. The molecule has 1 aliphatic rings. The van der Waals surface area contributed by atoms with Crippen molar-refractivity contribution in [1.29, 1.82) is 0 Å². The topological polar surface area (TPSA) is 75.6 Å². The maximum Gasteiger partial charge on any atom is 0.389 e. The molecule has 29 heavy (non-hydrogen) atoms. The summed E-state index contributed by atoms with van der Waals surface area (Å²) in [5, 5.41) is -1.06. The lowest BCUT2D eigenvalue weighted by atomic mass is 9.85. The second kappa shape index (κ2) is 9.95. The van der Waals surface area contributed by atoms with Gasteiger partial charge in [-0.25, -0.2) is 13.1 Å². The van der Waals surface area contributed by atoms with E-state index in [4.69, 9.17) is 23.2 Å². The summed E-state index contributed by atoms with van der Waals surface area (Å²) in [6.07, 6.45) is 1.52. The highest BCUT2D eigenvalue weighted by molar-refractivity contribution is 7.90. The van der Waals surface area contributed by atoms with Crippen LogP contribution >= 0.6 is 23.2 Å². The number of hydrogen-bond donors (Lipinski definition) is 1. The van der Waals surface area contributed by atoms with Crippen LogP contribution in [-0.2, 0) is 14.8 Å². The van der Waals surface area contributed by atoms with E-state index in [2.05, 4.69) is 11.6 Å². The first-order valence-corrected chi connectivity index (χ1v) is 10.9. The molecule has 0 radical (unpaired) electrons. The number of sulfonamides is 1. The zero-order valence-electron chi connectivity index (χ0n) is 15.8. The van der Waals surface area contributed by atoms with Gasteiger partial charge in [-0.05, 0) is 18.9 Å². The number of carbonyl (C=O) groups excluding carboxylic acids is 1. The van der Waals surface area contributed by atoms with Crippen LogP contribution in [-0.4, -0.2) is 37.8 Å². The van der Waals surface area contributed by atoms with Gasteiger partial charge in [0.25, 0.3) is 5.91 Å². The van der Waals surface area contributed by atoms with E-state index in [0.717, 1.165) is 6.21 Å². The number of nitrogens with zero attached hydrogens (tertiary/aromatic N) is 1. The van der Waals surface area contributed by atoms with Crippen LogP contribution in [0.25, 0.3) is 0 Å². The molecule has 2 atom stereocenters. The molecule has 0 aliphatic heterocycles. The van der Waals surface area contributed by atoms with Gasteiger partial charge in [0.1, 0.15) is 5.70 Å². The molecule has 5 nitrogen and oxygen atoms in total. The highest BCUT2D eigenvalue weighted by atomic mass is 35.5. The highest BCUT2D eigenvalue weighted by Gasteiger charge is 2.36. The highest BCUT2D eigenvalue weighted by Crippen LogP contribution is 2.33. The molecular weight excluding hydrogens is 452 g/mol. The lowest BCUT2D eigenvalue weighted by Gasteiger charge is -2.30. The number of aliphatic imine (C=N–C) groups is 1. The predicted molar refractivity (Wildman–Crippen MR) is 109 cm³/mol. The fourth-order valence-electron chi connectivity index (χ4n) is 2.43. The van der Waals surface area contributed by atoms with Gasteiger partial charge in [0.15, 0.2) is 0 Å². The Morgan fingerprint density at radius 3 is 2.52 bits per heavy atom. The van der Waals surface area contributed by atoms with Gasteiger partial charge in [0, 0.05) is 18.1 Å². The first-order valence-electron chi connectivity index (χ1n) is 8.39. The van der Waals surface area contributed by atoms with Crippen molar-refractivity contribution >= 4 is 45.3 Å². The molecule has 0 saturated carbocycles. The number of alkyl halides is 4. The number of nitrogens with one attached hydrogen (secondary N) is 1. The summed E-state index contributed by atoms with van der Waals surface area (Å²) in [7, 11) is -4.18. The monoisotopic (exact) mass is 472 g/mol. The molecule has 0 heterocycles. The van der Waals surface area contributed by atoms with E-state index in [0.29, 0.717) is 0 Å². The fourth-order valence-corrected chi connectivity index (χ4v) is 4.53. The van der Waals surface area contributed by atoms with Crippen molar-refractivity contribution in [2.24, 2.45) is 10.4 Å². The van der Waals surface area contributed by atoms with Crippen LogP contribution in [0.15, 0.2) is 52.2 Å². The van der Waals surface area contributed by atoms with E-state index in [1.807, 2.05) is 4.72 Å². The number of rotatable bonds is 8. The van der Waals surface area contributed by atoms with Crippen LogP contribution in [0.1, 0.15) is 26.7 Å². The molecule has 1 amide bonds. The van der Waals surface area contributed by atoms with Crippen LogP contribution < -0.4 is 4.72 Å². The standard InChI is InChI=1S/C18H21Cl2F3N2O3S/c1-4-24-15(14(20)12(2)8-10-18(21,22)23)16(26)25-29(27,28)11-17(3)9-6-5-7-13(17)19/h4-7,9,13H,2,8,10-11H2,1,3H3,(H,25,26)/b15-14+,24-4?. The second-order valence-corrected chi connectivity index (χ2v) is 9.18. The van der Waals surface area contributed by atoms with Crippen LogP contribution in [0.2, 0.25) is 0 Å². The summed E-state index contributed by atoms with van der Waals surface area (Å²) in [4.78, 5) is 16.2. The summed E-state index contributed by atoms with van der Waals surface area (Å²) >= 11 is 12.1. The predicted octanol–water partition coefficient (Wildman–Crippen LogP) is 4.61. The van der Waals surface area contributed by atoms with Crippen LogP contribution in [0.3, 0.4) is 0 Å². The Bertz CT molecular complexity index is 877. The molecule has 0 aromatic heterocycles. The lowest BCUT2D eigenvalue weighted by Crippen LogP contribution is -2.42. The molecule has 2 unspecified atom stereocenters. The minimum Gasteiger partial charge on any atom is -0.266 e. The second-order valence-electron chi connectivity index (χ2n) is 6.61. The molecule has 0 bridgehead atoms. The van der Waals surface area contributed by atoms with Crippen LogP contribution in [0, 0.1) is 5.41 Å². The third-order valence-electron chi connectivity index (χ3n) is 3.95. The summed E-state index contributed by atoms with van der Waals surface area (Å²) in [5.41, 5.74) is -1.71. The number of amides is 1. The number of allylic oxidation sites excluding steroid dienone is 6. The summed E-state index contributed by atoms with van der Waals surface area (Å²) in [5.74, 6) is -1.68. The van der Waals surface area contributed by atoms with Gasteiger partial charge >= 0.3 is 6.18 Å². The molecule has 1 N–H and O–H groups in total. The average Bonchev–Trinajstić information content (AvgIpc) is 2.58. The zero-order valence-corrected chi connectivity index (χ0v) is 18.1. The number of hydrogen-bond acceptors (Lipinski definition) is 4. The van der Waals surface area contributed by atoms with Gasteiger partial charge in [0.05, 0.1) is 16.2 Å². The molecule has 0 aromatic carbocycles. The Hall–Kier alpha value is -1.58. The van der Waals surface area contributed by atoms with Crippen molar-refractivity contribution in [3.8, 4) is 0 Å². The van der Waals surface area contributed by atoms with Crippen LogP contribution in [0.4, 0.5) is 13.2 Å². The smallest absolute Gasteiger partial charge is 0.266 e. The minimum absolute atomic E-state index is 0.190. The Kier molecular flexibility index (Phi) is 8.74. The molecule has 1 aliphatic carbocycles. The lowest BCUT2D eigenvalue weighted by molar-refractivity contribution is -0.133. The SMILES string of the molecule is C=C(CCC(F)(F)F)/C(Cl)=C(\N=CC)C(=O)NS(=O)(=O)CC1(C)C=CC=CC1Cl. The largest absolute Gasteiger partial charge is 0.389 e. The third kappa shape index (κ3) is 7.98. The Labute approximate surface area is 178 Å². The minimum atomic E-state index is -4.44. The van der Waals surface area contributed by atoms with E-state index >= 15 is 0 Å². The van der Waals surface area contributed by atoms with E-state index < -0.39 is 62.2 Å². The average molecular weight is 473 g/mol. The van der Waals surface area contributed by atoms with E-state index in [1.165, 1.54) is 6.92 Å². The maximum atomic E-state index is 12.5. The summed E-state index contributed by atoms with van der Waals surface area (Å²) in [6, 6.07) is 0. The van der Waals surface area contributed by atoms with E-state index in [9.17, 15) is 26.4 Å². The zero-order chi connectivity index (χ0) is 22.5. The van der Waals surface area contributed by atoms with Gasteiger partial charge in [-0.2, -0.15) is 13.2 Å². The Balaban J connectivity index is 3.03. The van der Waals surface area contributed by atoms with Crippen molar-refractivity contribution in [1.82, 2.24) is 4.72 Å². The van der Waals surface area contributed by atoms with Gasteiger partial charge in [-0.15, -0.1) is 11.6 Å².